The van der Waals surface area contributed by atoms with Crippen LogP contribution in [0.3, 0.4) is 0 Å². The zero-order valence-electron chi connectivity index (χ0n) is 18.4. The minimum Gasteiger partial charge on any atom is -0.363 e. The van der Waals surface area contributed by atoms with Crippen molar-refractivity contribution in [3.05, 3.63) is 45.3 Å². The van der Waals surface area contributed by atoms with Crippen molar-refractivity contribution in [1.82, 2.24) is 14.4 Å². The van der Waals surface area contributed by atoms with Crippen molar-refractivity contribution in [3.8, 4) is 0 Å². The molecule has 31 heavy (non-hydrogen) atoms. The lowest BCUT2D eigenvalue weighted by Gasteiger charge is -2.35. The fourth-order valence-corrected chi connectivity index (χ4v) is 5.37. The van der Waals surface area contributed by atoms with Gasteiger partial charge in [0.05, 0.1) is 15.5 Å². The summed E-state index contributed by atoms with van der Waals surface area (Å²) in [7, 11) is -3.76. The third kappa shape index (κ3) is 4.73. The average Bonchev–Trinajstić information content (AvgIpc) is 3.06. The molecule has 0 amide bonds. The number of nitrogens with zero attached hydrogens (tertiary/aromatic N) is 5. The number of sulfonamides is 1. The third-order valence-corrected chi connectivity index (χ3v) is 7.81. The number of nitro groups is 1. The quantitative estimate of drug-likeness (QED) is 0.444. The second-order valence-electron chi connectivity index (χ2n) is 7.56. The Balaban J connectivity index is 1.78. The van der Waals surface area contributed by atoms with E-state index in [1.54, 1.807) is 19.9 Å². The average molecular weight is 452 g/mol. The number of hydrogen-bond donors (Lipinski definition) is 0. The predicted molar refractivity (Wildman–Crippen MR) is 117 cm³/mol. The van der Waals surface area contributed by atoms with Crippen molar-refractivity contribution in [2.24, 2.45) is 0 Å². The fraction of sp³-hybridized carbons (Fsp3) is 0.550. The van der Waals surface area contributed by atoms with Gasteiger partial charge in [-0.15, -0.1) is 0 Å². The normalized spacial score (nSPS) is 15.6. The fourth-order valence-electron chi connectivity index (χ4n) is 3.89. The van der Waals surface area contributed by atoms with Gasteiger partial charge in [0.15, 0.2) is 0 Å². The minimum absolute atomic E-state index is 0.0521. The van der Waals surface area contributed by atoms with Gasteiger partial charge in [-0.1, -0.05) is 19.0 Å². The molecular weight excluding hydrogens is 422 g/mol. The molecule has 0 radical (unpaired) electrons. The Morgan fingerprint density at radius 2 is 1.81 bits per heavy atom. The van der Waals surface area contributed by atoms with E-state index in [-0.39, 0.29) is 10.6 Å². The maximum Gasteiger partial charge on any atom is 0.293 e. The summed E-state index contributed by atoms with van der Waals surface area (Å²) < 4.78 is 32.1. The van der Waals surface area contributed by atoms with E-state index in [0.29, 0.717) is 31.9 Å². The molecule has 2 aromatic rings. The Hall–Kier alpha value is -2.50. The summed E-state index contributed by atoms with van der Waals surface area (Å²) in [6, 6.07) is 4.20. The van der Waals surface area contributed by atoms with E-state index < -0.39 is 14.9 Å². The van der Waals surface area contributed by atoms with Crippen LogP contribution in [0.25, 0.3) is 0 Å². The third-order valence-electron chi connectivity index (χ3n) is 5.76. The van der Waals surface area contributed by atoms with Gasteiger partial charge in [-0.3, -0.25) is 15.0 Å². The zero-order chi connectivity index (χ0) is 22.8. The molecule has 0 atom stereocenters. The summed E-state index contributed by atoms with van der Waals surface area (Å²) in [5.74, 6) is 0.806. The molecule has 0 spiro atoms. The predicted octanol–water partition coefficient (Wildman–Crippen LogP) is 2.55. The summed E-state index contributed by atoms with van der Waals surface area (Å²) in [5, 5.41) is 15.7. The number of hydrogen-bond acceptors (Lipinski definition) is 8. The number of nitro benzene ring substituents is 1. The molecule has 0 unspecified atom stereocenters. The molecule has 1 aromatic heterocycles. The van der Waals surface area contributed by atoms with Gasteiger partial charge in [-0.05, 0) is 26.0 Å². The monoisotopic (exact) mass is 451 g/mol. The molecule has 11 heteroatoms. The Morgan fingerprint density at radius 3 is 2.32 bits per heavy atom. The number of aromatic nitrogens is 1. The smallest absolute Gasteiger partial charge is 0.293 e. The van der Waals surface area contributed by atoms with Gasteiger partial charge in [0.2, 0.25) is 10.0 Å². The number of aryl methyl sites for hydroxylation is 2. The van der Waals surface area contributed by atoms with Gasteiger partial charge >= 0.3 is 0 Å². The second-order valence-corrected chi connectivity index (χ2v) is 9.50. The largest absolute Gasteiger partial charge is 0.363 e. The Morgan fingerprint density at radius 1 is 1.16 bits per heavy atom. The van der Waals surface area contributed by atoms with E-state index in [0.717, 1.165) is 36.7 Å². The highest BCUT2D eigenvalue weighted by molar-refractivity contribution is 7.89. The highest BCUT2D eigenvalue weighted by Gasteiger charge is 2.29. The van der Waals surface area contributed by atoms with Crippen LogP contribution in [-0.2, 0) is 16.6 Å². The van der Waals surface area contributed by atoms with E-state index in [1.807, 2.05) is 18.7 Å². The maximum absolute atomic E-state index is 12.8. The molecule has 1 aliphatic heterocycles. The van der Waals surface area contributed by atoms with E-state index in [9.17, 15) is 18.5 Å². The van der Waals surface area contributed by atoms with Crippen LogP contribution in [0.5, 0.6) is 0 Å². The van der Waals surface area contributed by atoms with Crippen LogP contribution in [0.2, 0.25) is 0 Å². The molecule has 1 aliphatic rings. The summed E-state index contributed by atoms with van der Waals surface area (Å²) >= 11 is 0. The molecule has 2 heterocycles. The second kappa shape index (κ2) is 9.33. The summed E-state index contributed by atoms with van der Waals surface area (Å²) in [4.78, 5) is 15.4. The van der Waals surface area contributed by atoms with Crippen molar-refractivity contribution in [3.63, 3.8) is 0 Å². The molecule has 0 aliphatic carbocycles. The van der Waals surface area contributed by atoms with Crippen LogP contribution in [0.4, 0.5) is 11.4 Å². The van der Waals surface area contributed by atoms with Gasteiger partial charge in [0, 0.05) is 57.4 Å². The van der Waals surface area contributed by atoms with Crippen LogP contribution < -0.4 is 4.90 Å². The van der Waals surface area contributed by atoms with E-state index >= 15 is 0 Å². The first-order valence-corrected chi connectivity index (χ1v) is 11.8. The molecule has 10 nitrogen and oxygen atoms in total. The first-order chi connectivity index (χ1) is 14.7. The van der Waals surface area contributed by atoms with E-state index in [1.165, 1.54) is 16.4 Å². The highest BCUT2D eigenvalue weighted by Crippen LogP contribution is 2.32. The standard InChI is InChI=1S/C20H29N5O5S/c1-5-24(6-2)31(28,29)17-7-8-19(20(13-17)25(26)27)23-11-9-22(10-12-23)14-18-15(3)21-30-16(18)4/h7-8,13H,5-6,9-12,14H2,1-4H3. The van der Waals surface area contributed by atoms with E-state index in [4.69, 9.17) is 4.52 Å². The Kier molecular flexibility index (Phi) is 6.97. The van der Waals surface area contributed by atoms with Crippen molar-refractivity contribution in [2.45, 2.75) is 39.1 Å². The Bertz CT molecular complexity index is 1020. The molecular formula is C20H29N5O5S. The van der Waals surface area contributed by atoms with Gasteiger partial charge in [-0.2, -0.15) is 4.31 Å². The molecule has 1 saturated heterocycles. The first-order valence-electron chi connectivity index (χ1n) is 10.4. The van der Waals surface area contributed by atoms with Crippen molar-refractivity contribution in [1.29, 1.82) is 0 Å². The number of benzene rings is 1. The molecule has 170 valence electrons. The summed E-state index contributed by atoms with van der Waals surface area (Å²) in [6.07, 6.45) is 0. The number of anilines is 1. The molecule has 1 fully saturated rings. The molecule has 0 bridgehead atoms. The topological polar surface area (TPSA) is 113 Å². The highest BCUT2D eigenvalue weighted by atomic mass is 32.2. The maximum atomic E-state index is 12.8. The minimum atomic E-state index is -3.76. The van der Waals surface area contributed by atoms with Crippen molar-refractivity contribution < 1.29 is 17.9 Å². The number of rotatable bonds is 8. The zero-order valence-corrected chi connectivity index (χ0v) is 19.2. The van der Waals surface area contributed by atoms with Gasteiger partial charge in [-0.25, -0.2) is 8.42 Å². The van der Waals surface area contributed by atoms with Crippen LogP contribution in [0.1, 0.15) is 30.9 Å². The molecule has 3 rings (SSSR count). The van der Waals surface area contributed by atoms with Crippen molar-refractivity contribution >= 4 is 21.4 Å². The summed E-state index contributed by atoms with van der Waals surface area (Å²) in [5.41, 5.74) is 2.21. The first kappa shape index (κ1) is 23.2. The van der Waals surface area contributed by atoms with Crippen molar-refractivity contribution in [2.75, 3.05) is 44.2 Å². The van der Waals surface area contributed by atoms with Crippen LogP contribution in [0, 0.1) is 24.0 Å². The van der Waals surface area contributed by atoms with Gasteiger partial charge in [0.1, 0.15) is 11.4 Å². The molecule has 0 saturated carbocycles. The molecule has 0 N–H and O–H groups in total. The number of piperazine rings is 1. The molecule has 1 aromatic carbocycles. The van der Waals surface area contributed by atoms with E-state index in [2.05, 4.69) is 10.1 Å². The Labute approximate surface area is 182 Å². The summed E-state index contributed by atoms with van der Waals surface area (Å²) in [6.45, 7) is 11.3. The lowest BCUT2D eigenvalue weighted by atomic mass is 10.1. The van der Waals surface area contributed by atoms with Crippen LogP contribution in [0.15, 0.2) is 27.6 Å². The van der Waals surface area contributed by atoms with Gasteiger partial charge in [0.25, 0.3) is 5.69 Å². The lowest BCUT2D eigenvalue weighted by Crippen LogP contribution is -2.46. The lowest BCUT2D eigenvalue weighted by molar-refractivity contribution is -0.384. The SMILES string of the molecule is CCN(CC)S(=O)(=O)c1ccc(N2CCN(Cc3c(C)noc3C)CC2)c([N+](=O)[O-])c1. The van der Waals surface area contributed by atoms with Crippen LogP contribution >= 0.6 is 0 Å². The van der Waals surface area contributed by atoms with Crippen LogP contribution in [-0.4, -0.2) is 67.0 Å². The van der Waals surface area contributed by atoms with Gasteiger partial charge < -0.3 is 9.42 Å².